The molecule has 1 aromatic carbocycles. The second-order valence-electron chi connectivity index (χ2n) is 3.60. The van der Waals surface area contributed by atoms with Gasteiger partial charge in [-0.05, 0) is 31.4 Å². The maximum Gasteiger partial charge on any atom is 0.159 e. The molecular formula is C11H11FO. The standard InChI is InChI=1S/C11H11FO/c1-8(13)9-3-2-4-10(7-9)11(12)5-6-11/h2-4,7H,5-6H2,1H3. The number of alkyl halides is 1. The van der Waals surface area contributed by atoms with E-state index in [1.54, 1.807) is 24.3 Å². The Bertz CT molecular complexity index is 353. The Labute approximate surface area is 76.6 Å². The summed E-state index contributed by atoms with van der Waals surface area (Å²) in [6.07, 6.45) is 1.18. The Morgan fingerprint density at radius 2 is 2.15 bits per heavy atom. The van der Waals surface area contributed by atoms with Gasteiger partial charge in [0.15, 0.2) is 5.78 Å². The van der Waals surface area contributed by atoms with Gasteiger partial charge < -0.3 is 0 Å². The summed E-state index contributed by atoms with van der Waals surface area (Å²) < 4.78 is 13.6. The van der Waals surface area contributed by atoms with Crippen LogP contribution in [0, 0.1) is 0 Å². The highest BCUT2D eigenvalue weighted by molar-refractivity contribution is 5.94. The van der Waals surface area contributed by atoms with Crippen molar-refractivity contribution in [3.63, 3.8) is 0 Å². The van der Waals surface area contributed by atoms with E-state index in [-0.39, 0.29) is 5.78 Å². The number of hydrogen-bond donors (Lipinski definition) is 0. The van der Waals surface area contributed by atoms with Crippen molar-refractivity contribution in [2.45, 2.75) is 25.4 Å². The van der Waals surface area contributed by atoms with Gasteiger partial charge in [-0.25, -0.2) is 4.39 Å². The number of benzene rings is 1. The Hall–Kier alpha value is -1.18. The predicted molar refractivity (Wildman–Crippen MR) is 48.5 cm³/mol. The fourth-order valence-electron chi connectivity index (χ4n) is 1.42. The summed E-state index contributed by atoms with van der Waals surface area (Å²) in [5.74, 6) is -0.00824. The highest BCUT2D eigenvalue weighted by Gasteiger charge is 2.44. The van der Waals surface area contributed by atoms with Crippen molar-refractivity contribution in [3.05, 3.63) is 35.4 Å². The summed E-state index contributed by atoms with van der Waals surface area (Å²) in [4.78, 5) is 11.0. The second-order valence-corrected chi connectivity index (χ2v) is 3.60. The molecule has 1 aliphatic carbocycles. The van der Waals surface area contributed by atoms with Crippen molar-refractivity contribution in [2.24, 2.45) is 0 Å². The number of carbonyl (C=O) groups is 1. The molecule has 1 aliphatic rings. The van der Waals surface area contributed by atoms with Crippen LogP contribution in [0.3, 0.4) is 0 Å². The van der Waals surface area contributed by atoms with Crippen LogP contribution in [0.5, 0.6) is 0 Å². The van der Waals surface area contributed by atoms with Gasteiger partial charge in [-0.1, -0.05) is 18.2 Å². The van der Waals surface area contributed by atoms with Crippen LogP contribution in [0.25, 0.3) is 0 Å². The topological polar surface area (TPSA) is 17.1 Å². The molecule has 1 saturated carbocycles. The van der Waals surface area contributed by atoms with Gasteiger partial charge in [-0.15, -0.1) is 0 Å². The number of Topliss-reactive ketones (excluding diaryl/α,β-unsaturated/α-hetero) is 1. The fourth-order valence-corrected chi connectivity index (χ4v) is 1.42. The average Bonchev–Trinajstić information content (AvgIpc) is 2.85. The molecule has 0 bridgehead atoms. The van der Waals surface area contributed by atoms with Gasteiger partial charge in [0.2, 0.25) is 0 Å². The molecule has 68 valence electrons. The Balaban J connectivity index is 2.38. The number of ketones is 1. The lowest BCUT2D eigenvalue weighted by atomic mass is 10.0. The van der Waals surface area contributed by atoms with E-state index in [0.717, 1.165) is 0 Å². The lowest BCUT2D eigenvalue weighted by Crippen LogP contribution is -2.00. The third-order valence-corrected chi connectivity index (χ3v) is 2.48. The van der Waals surface area contributed by atoms with Crippen LogP contribution < -0.4 is 0 Å². The molecule has 13 heavy (non-hydrogen) atoms. The molecule has 0 aliphatic heterocycles. The molecule has 0 aromatic heterocycles. The van der Waals surface area contributed by atoms with E-state index >= 15 is 0 Å². The third-order valence-electron chi connectivity index (χ3n) is 2.48. The second kappa shape index (κ2) is 2.66. The molecule has 0 atom stereocenters. The minimum atomic E-state index is -1.13. The van der Waals surface area contributed by atoms with Crippen LogP contribution >= 0.6 is 0 Å². The molecule has 0 heterocycles. The summed E-state index contributed by atoms with van der Waals surface area (Å²) in [6.45, 7) is 1.50. The van der Waals surface area contributed by atoms with E-state index in [0.29, 0.717) is 24.0 Å². The van der Waals surface area contributed by atoms with E-state index in [4.69, 9.17) is 0 Å². The highest BCUT2D eigenvalue weighted by Crippen LogP contribution is 2.49. The van der Waals surface area contributed by atoms with Crippen LogP contribution in [0.4, 0.5) is 4.39 Å². The van der Waals surface area contributed by atoms with Gasteiger partial charge in [0.1, 0.15) is 5.67 Å². The Morgan fingerprint density at radius 1 is 1.46 bits per heavy atom. The zero-order chi connectivity index (χ0) is 9.47. The Morgan fingerprint density at radius 3 is 2.69 bits per heavy atom. The third kappa shape index (κ3) is 1.48. The SMILES string of the molecule is CC(=O)c1cccc(C2(F)CC2)c1. The van der Waals surface area contributed by atoms with Crippen LogP contribution in [-0.4, -0.2) is 5.78 Å². The molecule has 2 heteroatoms. The molecule has 0 N–H and O–H groups in total. The average molecular weight is 178 g/mol. The lowest BCUT2D eigenvalue weighted by molar-refractivity contribution is 0.101. The summed E-state index contributed by atoms with van der Waals surface area (Å²) in [6, 6.07) is 6.87. The van der Waals surface area contributed by atoms with E-state index in [1.807, 2.05) is 0 Å². The van der Waals surface area contributed by atoms with Gasteiger partial charge in [0.25, 0.3) is 0 Å². The number of carbonyl (C=O) groups excluding carboxylic acids is 1. The summed E-state index contributed by atoms with van der Waals surface area (Å²) >= 11 is 0. The molecule has 0 amide bonds. The minimum absolute atomic E-state index is 0.00824. The largest absolute Gasteiger partial charge is 0.295 e. The van der Waals surface area contributed by atoms with Crippen molar-refractivity contribution >= 4 is 5.78 Å². The number of hydrogen-bond acceptors (Lipinski definition) is 1. The van der Waals surface area contributed by atoms with Crippen LogP contribution in [0.2, 0.25) is 0 Å². The monoisotopic (exact) mass is 178 g/mol. The molecule has 0 saturated heterocycles. The first kappa shape index (κ1) is 8.42. The van der Waals surface area contributed by atoms with E-state index < -0.39 is 5.67 Å². The smallest absolute Gasteiger partial charge is 0.159 e. The van der Waals surface area contributed by atoms with Gasteiger partial charge >= 0.3 is 0 Å². The first-order chi connectivity index (χ1) is 6.12. The van der Waals surface area contributed by atoms with E-state index in [9.17, 15) is 9.18 Å². The highest BCUT2D eigenvalue weighted by atomic mass is 19.1. The molecule has 2 rings (SSSR count). The molecule has 1 aromatic rings. The molecular weight excluding hydrogens is 167 g/mol. The van der Waals surface area contributed by atoms with Crippen molar-refractivity contribution in [1.29, 1.82) is 0 Å². The summed E-state index contributed by atoms with van der Waals surface area (Å²) in [5, 5.41) is 0. The quantitative estimate of drug-likeness (QED) is 0.636. The van der Waals surface area contributed by atoms with Crippen molar-refractivity contribution in [3.8, 4) is 0 Å². The first-order valence-corrected chi connectivity index (χ1v) is 4.42. The number of halogens is 1. The maximum atomic E-state index is 13.6. The van der Waals surface area contributed by atoms with Gasteiger partial charge in [-0.3, -0.25) is 4.79 Å². The van der Waals surface area contributed by atoms with E-state index in [2.05, 4.69) is 0 Å². The van der Waals surface area contributed by atoms with Gasteiger partial charge in [0.05, 0.1) is 0 Å². The zero-order valence-corrected chi connectivity index (χ0v) is 7.51. The lowest BCUT2D eigenvalue weighted by Gasteiger charge is -2.05. The normalized spacial score (nSPS) is 18.3. The fraction of sp³-hybridized carbons (Fsp3) is 0.364. The maximum absolute atomic E-state index is 13.6. The van der Waals surface area contributed by atoms with E-state index in [1.165, 1.54) is 6.92 Å². The van der Waals surface area contributed by atoms with Crippen LogP contribution in [0.15, 0.2) is 24.3 Å². The van der Waals surface area contributed by atoms with Crippen LogP contribution in [0.1, 0.15) is 35.7 Å². The summed E-state index contributed by atoms with van der Waals surface area (Å²) in [5.41, 5.74) is 0.118. The van der Waals surface area contributed by atoms with Crippen molar-refractivity contribution in [1.82, 2.24) is 0 Å². The molecule has 0 radical (unpaired) electrons. The minimum Gasteiger partial charge on any atom is -0.295 e. The predicted octanol–water partition coefficient (Wildman–Crippen LogP) is 2.85. The zero-order valence-electron chi connectivity index (χ0n) is 7.51. The molecule has 1 fully saturated rings. The Kier molecular flexibility index (Phi) is 1.72. The summed E-state index contributed by atoms with van der Waals surface area (Å²) in [7, 11) is 0. The molecule has 0 unspecified atom stereocenters. The first-order valence-electron chi connectivity index (χ1n) is 4.42. The number of rotatable bonds is 2. The van der Waals surface area contributed by atoms with Crippen LogP contribution in [-0.2, 0) is 5.67 Å². The molecule has 1 nitrogen and oxygen atoms in total. The van der Waals surface area contributed by atoms with Crippen molar-refractivity contribution in [2.75, 3.05) is 0 Å². The van der Waals surface area contributed by atoms with Crippen molar-refractivity contribution < 1.29 is 9.18 Å². The molecule has 0 spiro atoms. The van der Waals surface area contributed by atoms with Gasteiger partial charge in [0, 0.05) is 5.56 Å². The van der Waals surface area contributed by atoms with Gasteiger partial charge in [-0.2, -0.15) is 0 Å².